The molecule has 8 heteroatoms. The van der Waals surface area contributed by atoms with Crippen LogP contribution in [0.5, 0.6) is 5.75 Å². The fraction of sp³-hybridized carbons (Fsp3) is 0.312. The monoisotopic (exact) mass is 347 g/mol. The zero-order valence-electron chi connectivity index (χ0n) is 12.7. The summed E-state index contributed by atoms with van der Waals surface area (Å²) < 4.78 is 19.6. The van der Waals surface area contributed by atoms with Crippen LogP contribution in [0.25, 0.3) is 11.2 Å². The molecular formula is C16H15ClFN5O. The van der Waals surface area contributed by atoms with Crippen molar-refractivity contribution in [2.45, 2.75) is 18.9 Å². The average Bonchev–Trinajstić information content (AvgIpc) is 3.22. The lowest BCUT2D eigenvalue weighted by Gasteiger charge is -2.25. The number of benzene rings is 1. The van der Waals surface area contributed by atoms with Crippen LogP contribution in [0.15, 0.2) is 30.6 Å². The van der Waals surface area contributed by atoms with Gasteiger partial charge in [0.1, 0.15) is 12.4 Å². The van der Waals surface area contributed by atoms with Crippen molar-refractivity contribution in [3.8, 4) is 5.75 Å². The van der Waals surface area contributed by atoms with Gasteiger partial charge in [0, 0.05) is 6.54 Å². The van der Waals surface area contributed by atoms with Crippen molar-refractivity contribution in [3.05, 3.63) is 41.7 Å². The highest BCUT2D eigenvalue weighted by Crippen LogP contribution is 2.30. The van der Waals surface area contributed by atoms with Crippen LogP contribution in [0.4, 0.5) is 10.2 Å². The predicted molar refractivity (Wildman–Crippen MR) is 89.0 cm³/mol. The van der Waals surface area contributed by atoms with Gasteiger partial charge in [-0.3, -0.25) is 0 Å². The number of H-pyrrole nitrogens is 1. The van der Waals surface area contributed by atoms with Gasteiger partial charge in [0.25, 0.3) is 0 Å². The minimum Gasteiger partial charge on any atom is -0.490 e. The van der Waals surface area contributed by atoms with Crippen LogP contribution in [0.3, 0.4) is 0 Å². The lowest BCUT2D eigenvalue weighted by molar-refractivity contribution is 0.288. The standard InChI is InChI=1S/C16H15ClFN5O/c17-11-5-1-2-6-12(11)24-8-10-4-3-7-23(10)15-13-14(20-9-19-13)21-16(18)22-15/h1-2,5-6,9-10H,3-4,7-8H2,(H,19,20,21,22). The first-order valence-electron chi connectivity index (χ1n) is 7.73. The highest BCUT2D eigenvalue weighted by Gasteiger charge is 2.29. The van der Waals surface area contributed by atoms with Crippen LogP contribution in [-0.4, -0.2) is 39.1 Å². The lowest BCUT2D eigenvalue weighted by atomic mass is 10.2. The van der Waals surface area contributed by atoms with Crippen molar-refractivity contribution < 1.29 is 9.13 Å². The molecule has 0 radical (unpaired) electrons. The molecule has 1 atom stereocenters. The Morgan fingerprint density at radius 1 is 1.33 bits per heavy atom. The molecule has 1 N–H and O–H groups in total. The third-order valence-corrected chi connectivity index (χ3v) is 4.46. The van der Waals surface area contributed by atoms with Crippen LogP contribution < -0.4 is 9.64 Å². The fourth-order valence-electron chi connectivity index (χ4n) is 3.03. The summed E-state index contributed by atoms with van der Waals surface area (Å²) in [4.78, 5) is 16.8. The predicted octanol–water partition coefficient (Wildman–Crippen LogP) is 3.19. The molecule has 2 aromatic heterocycles. The Balaban J connectivity index is 1.58. The van der Waals surface area contributed by atoms with Gasteiger partial charge in [-0.25, -0.2) is 4.98 Å². The number of aromatic amines is 1. The zero-order valence-corrected chi connectivity index (χ0v) is 13.5. The SMILES string of the molecule is Fc1nc(N2CCCC2COc2ccccc2Cl)c2nc[nH]c2n1. The van der Waals surface area contributed by atoms with E-state index in [0.29, 0.717) is 34.4 Å². The molecule has 1 fully saturated rings. The number of nitrogens with one attached hydrogen (secondary N) is 1. The molecule has 6 nitrogen and oxygen atoms in total. The molecule has 0 amide bonds. The molecular weight excluding hydrogens is 333 g/mol. The number of ether oxygens (including phenoxy) is 1. The molecule has 1 aliphatic rings. The van der Waals surface area contributed by atoms with Gasteiger partial charge in [0.05, 0.1) is 17.4 Å². The van der Waals surface area contributed by atoms with E-state index in [0.717, 1.165) is 19.4 Å². The number of nitrogens with zero attached hydrogens (tertiary/aromatic N) is 4. The third kappa shape index (κ3) is 2.75. The first-order valence-corrected chi connectivity index (χ1v) is 8.11. The van der Waals surface area contributed by atoms with E-state index < -0.39 is 6.08 Å². The summed E-state index contributed by atoms with van der Waals surface area (Å²) in [6.45, 7) is 1.22. The number of hydrogen-bond donors (Lipinski definition) is 1. The average molecular weight is 348 g/mol. The number of halogens is 2. The normalized spacial score (nSPS) is 17.6. The van der Waals surface area contributed by atoms with Crippen molar-refractivity contribution in [2.24, 2.45) is 0 Å². The Morgan fingerprint density at radius 3 is 3.08 bits per heavy atom. The maximum atomic E-state index is 13.7. The summed E-state index contributed by atoms with van der Waals surface area (Å²) in [5.74, 6) is 1.15. The Bertz CT molecular complexity index is 871. The van der Waals surface area contributed by atoms with E-state index in [4.69, 9.17) is 16.3 Å². The summed E-state index contributed by atoms with van der Waals surface area (Å²) in [6.07, 6.45) is 2.64. The number of fused-ring (bicyclic) bond motifs is 1. The van der Waals surface area contributed by atoms with Gasteiger partial charge in [-0.1, -0.05) is 23.7 Å². The molecule has 0 aliphatic carbocycles. The minimum absolute atomic E-state index is 0.0791. The molecule has 1 saturated heterocycles. The summed E-state index contributed by atoms with van der Waals surface area (Å²) in [7, 11) is 0. The van der Waals surface area contributed by atoms with Crippen molar-refractivity contribution in [1.82, 2.24) is 19.9 Å². The molecule has 0 spiro atoms. The van der Waals surface area contributed by atoms with Gasteiger partial charge in [0.15, 0.2) is 17.0 Å². The molecule has 24 heavy (non-hydrogen) atoms. The van der Waals surface area contributed by atoms with Gasteiger partial charge in [-0.15, -0.1) is 0 Å². The molecule has 0 bridgehead atoms. The van der Waals surface area contributed by atoms with Gasteiger partial charge in [0.2, 0.25) is 0 Å². The fourth-order valence-corrected chi connectivity index (χ4v) is 3.22. The van der Waals surface area contributed by atoms with E-state index in [2.05, 4.69) is 19.9 Å². The van der Waals surface area contributed by atoms with Crippen LogP contribution in [0, 0.1) is 6.08 Å². The van der Waals surface area contributed by atoms with Gasteiger partial charge in [-0.05, 0) is 25.0 Å². The maximum absolute atomic E-state index is 13.7. The van der Waals surface area contributed by atoms with E-state index in [-0.39, 0.29) is 6.04 Å². The highest BCUT2D eigenvalue weighted by atomic mass is 35.5. The molecule has 0 saturated carbocycles. The summed E-state index contributed by atoms with van der Waals surface area (Å²) in [5.41, 5.74) is 0.969. The Kier molecular flexibility index (Phi) is 3.93. The van der Waals surface area contributed by atoms with Gasteiger partial charge < -0.3 is 14.6 Å². The van der Waals surface area contributed by atoms with Crippen molar-refractivity contribution >= 4 is 28.6 Å². The van der Waals surface area contributed by atoms with E-state index in [1.165, 1.54) is 6.33 Å². The number of imidazole rings is 1. The second kappa shape index (κ2) is 6.24. The van der Waals surface area contributed by atoms with E-state index in [9.17, 15) is 4.39 Å². The quantitative estimate of drug-likeness (QED) is 0.734. The lowest BCUT2D eigenvalue weighted by Crippen LogP contribution is -2.35. The zero-order chi connectivity index (χ0) is 16.5. The van der Waals surface area contributed by atoms with Crippen molar-refractivity contribution in [3.63, 3.8) is 0 Å². The second-order valence-electron chi connectivity index (χ2n) is 5.65. The molecule has 4 rings (SSSR count). The first-order chi connectivity index (χ1) is 11.7. The highest BCUT2D eigenvalue weighted by molar-refractivity contribution is 6.32. The van der Waals surface area contributed by atoms with Gasteiger partial charge in [-0.2, -0.15) is 14.4 Å². The first kappa shape index (κ1) is 15.1. The van der Waals surface area contributed by atoms with Crippen LogP contribution in [0.2, 0.25) is 5.02 Å². The number of hydrogen-bond acceptors (Lipinski definition) is 5. The summed E-state index contributed by atoms with van der Waals surface area (Å²) in [6, 6.07) is 7.43. The summed E-state index contributed by atoms with van der Waals surface area (Å²) in [5, 5.41) is 0.574. The number of anilines is 1. The van der Waals surface area contributed by atoms with Crippen molar-refractivity contribution in [1.29, 1.82) is 0 Å². The third-order valence-electron chi connectivity index (χ3n) is 4.15. The molecule has 124 valence electrons. The molecule has 1 aliphatic heterocycles. The maximum Gasteiger partial charge on any atom is 0.312 e. The summed E-state index contributed by atoms with van der Waals surface area (Å²) >= 11 is 6.12. The second-order valence-corrected chi connectivity index (χ2v) is 6.05. The molecule has 1 aromatic carbocycles. The number of aromatic nitrogens is 4. The minimum atomic E-state index is -0.764. The van der Waals surface area contributed by atoms with Crippen LogP contribution >= 0.6 is 11.6 Å². The van der Waals surface area contributed by atoms with E-state index >= 15 is 0 Å². The number of para-hydroxylation sites is 1. The Labute approximate surface area is 142 Å². The molecule has 3 heterocycles. The van der Waals surface area contributed by atoms with E-state index in [1.54, 1.807) is 6.07 Å². The largest absolute Gasteiger partial charge is 0.490 e. The van der Waals surface area contributed by atoms with Crippen molar-refractivity contribution in [2.75, 3.05) is 18.1 Å². The van der Waals surface area contributed by atoms with Gasteiger partial charge >= 0.3 is 6.08 Å². The molecule has 1 unspecified atom stereocenters. The Hall–Kier alpha value is -2.41. The topological polar surface area (TPSA) is 66.9 Å². The van der Waals surface area contributed by atoms with E-state index in [1.807, 2.05) is 23.1 Å². The van der Waals surface area contributed by atoms with Crippen LogP contribution in [0.1, 0.15) is 12.8 Å². The van der Waals surface area contributed by atoms with Crippen LogP contribution in [-0.2, 0) is 0 Å². The molecule has 3 aromatic rings. The Morgan fingerprint density at radius 2 is 2.21 bits per heavy atom. The smallest absolute Gasteiger partial charge is 0.312 e. The number of rotatable bonds is 4.